The first-order valence-corrected chi connectivity index (χ1v) is 8.20. The first kappa shape index (κ1) is 13.8. The molecule has 0 radical (unpaired) electrons. The van der Waals surface area contributed by atoms with Crippen molar-refractivity contribution in [1.29, 1.82) is 0 Å². The zero-order valence-electron chi connectivity index (χ0n) is 12.7. The molecule has 3 rings (SSSR count). The number of nitrogens with one attached hydrogen (secondary N) is 1. The predicted octanol–water partition coefficient (Wildman–Crippen LogP) is 2.27. The van der Waals surface area contributed by atoms with Gasteiger partial charge in [0.05, 0.1) is 13.2 Å². The first-order valence-electron chi connectivity index (χ1n) is 8.20. The topological polar surface area (TPSA) is 24.5 Å². The minimum Gasteiger partial charge on any atom is -0.380 e. The zero-order valence-corrected chi connectivity index (χ0v) is 12.7. The van der Waals surface area contributed by atoms with Gasteiger partial charge in [-0.05, 0) is 32.6 Å². The molecule has 19 heavy (non-hydrogen) atoms. The van der Waals surface area contributed by atoms with Crippen LogP contribution in [-0.4, -0.2) is 49.8 Å². The molecule has 0 unspecified atom stereocenters. The fraction of sp³-hybridized carbons (Fsp3) is 1.00. The van der Waals surface area contributed by atoms with E-state index in [0.29, 0.717) is 5.41 Å². The standard InChI is InChI=1S/C16H30N2O/c1-15(2,18-10-8-17-9-11-18)16(12-19-13-16)14-6-4-3-5-7-14/h14,17H,3-13H2,1-2H3. The van der Waals surface area contributed by atoms with Crippen molar-refractivity contribution >= 4 is 0 Å². The van der Waals surface area contributed by atoms with Crippen LogP contribution in [0.15, 0.2) is 0 Å². The SMILES string of the molecule is CC(C)(N1CCNCC1)C1(C2CCCCC2)COC1. The van der Waals surface area contributed by atoms with Gasteiger partial charge in [0, 0.05) is 37.1 Å². The zero-order chi connectivity index (χ0) is 13.3. The lowest BCUT2D eigenvalue weighted by atomic mass is 9.57. The highest BCUT2D eigenvalue weighted by molar-refractivity contribution is 5.08. The summed E-state index contributed by atoms with van der Waals surface area (Å²) < 4.78 is 5.73. The van der Waals surface area contributed by atoms with Crippen LogP contribution in [0.3, 0.4) is 0 Å². The van der Waals surface area contributed by atoms with Gasteiger partial charge in [0.1, 0.15) is 0 Å². The number of ether oxygens (including phenoxy) is 1. The van der Waals surface area contributed by atoms with Crippen LogP contribution in [0.1, 0.15) is 46.0 Å². The number of nitrogens with zero attached hydrogens (tertiary/aromatic N) is 1. The maximum absolute atomic E-state index is 5.73. The van der Waals surface area contributed by atoms with Crippen molar-refractivity contribution in [3.8, 4) is 0 Å². The highest BCUT2D eigenvalue weighted by Crippen LogP contribution is 2.52. The van der Waals surface area contributed by atoms with Crippen LogP contribution in [0, 0.1) is 11.3 Å². The number of rotatable bonds is 3. The summed E-state index contributed by atoms with van der Waals surface area (Å²) >= 11 is 0. The van der Waals surface area contributed by atoms with E-state index in [-0.39, 0.29) is 5.54 Å². The van der Waals surface area contributed by atoms with Crippen LogP contribution in [0.5, 0.6) is 0 Å². The van der Waals surface area contributed by atoms with Gasteiger partial charge in [-0.1, -0.05) is 19.3 Å². The minimum absolute atomic E-state index is 0.287. The lowest BCUT2D eigenvalue weighted by Gasteiger charge is -2.61. The molecule has 0 aromatic carbocycles. The monoisotopic (exact) mass is 266 g/mol. The molecule has 3 fully saturated rings. The van der Waals surface area contributed by atoms with Crippen molar-refractivity contribution in [3.05, 3.63) is 0 Å². The van der Waals surface area contributed by atoms with E-state index in [0.717, 1.165) is 32.2 Å². The lowest BCUT2D eigenvalue weighted by Crippen LogP contribution is -2.69. The molecule has 3 heteroatoms. The Kier molecular flexibility index (Phi) is 3.89. The van der Waals surface area contributed by atoms with Gasteiger partial charge >= 0.3 is 0 Å². The Morgan fingerprint density at radius 2 is 1.68 bits per heavy atom. The largest absolute Gasteiger partial charge is 0.380 e. The Bertz CT molecular complexity index is 300. The molecule has 3 aliphatic rings. The molecular weight excluding hydrogens is 236 g/mol. The molecule has 0 spiro atoms. The highest BCUT2D eigenvalue weighted by atomic mass is 16.5. The first-order chi connectivity index (χ1) is 9.17. The van der Waals surface area contributed by atoms with Crippen molar-refractivity contribution < 1.29 is 4.74 Å². The Balaban J connectivity index is 1.78. The molecule has 1 aliphatic carbocycles. The number of hydrogen-bond donors (Lipinski definition) is 1. The van der Waals surface area contributed by atoms with Gasteiger partial charge in [0.2, 0.25) is 0 Å². The molecule has 0 amide bonds. The summed E-state index contributed by atoms with van der Waals surface area (Å²) in [5, 5.41) is 3.48. The Morgan fingerprint density at radius 1 is 1.05 bits per heavy atom. The van der Waals surface area contributed by atoms with Crippen LogP contribution in [0.2, 0.25) is 0 Å². The lowest BCUT2D eigenvalue weighted by molar-refractivity contribution is -0.220. The number of hydrogen-bond acceptors (Lipinski definition) is 3. The summed E-state index contributed by atoms with van der Waals surface area (Å²) in [6.45, 7) is 11.6. The van der Waals surface area contributed by atoms with Crippen LogP contribution >= 0.6 is 0 Å². The summed E-state index contributed by atoms with van der Waals surface area (Å²) in [6, 6.07) is 0. The maximum atomic E-state index is 5.73. The van der Waals surface area contributed by atoms with Crippen molar-refractivity contribution in [1.82, 2.24) is 10.2 Å². The Labute approximate surface area is 118 Å². The van der Waals surface area contributed by atoms with Crippen molar-refractivity contribution in [3.63, 3.8) is 0 Å². The van der Waals surface area contributed by atoms with Gasteiger partial charge in [-0.2, -0.15) is 0 Å². The molecule has 0 aromatic rings. The average molecular weight is 266 g/mol. The van der Waals surface area contributed by atoms with Crippen molar-refractivity contribution in [2.45, 2.75) is 51.5 Å². The van der Waals surface area contributed by atoms with E-state index in [1.165, 1.54) is 45.2 Å². The molecule has 0 aromatic heterocycles. The molecule has 2 saturated heterocycles. The van der Waals surface area contributed by atoms with E-state index in [1.807, 2.05) is 0 Å². The third-order valence-electron chi connectivity index (χ3n) is 6.23. The van der Waals surface area contributed by atoms with Crippen molar-refractivity contribution in [2.24, 2.45) is 11.3 Å². The molecule has 0 atom stereocenters. The van der Waals surface area contributed by atoms with Gasteiger partial charge in [-0.3, -0.25) is 4.90 Å². The van der Waals surface area contributed by atoms with Gasteiger partial charge in [0.15, 0.2) is 0 Å². The van der Waals surface area contributed by atoms with E-state index in [2.05, 4.69) is 24.1 Å². The number of piperazine rings is 1. The summed E-state index contributed by atoms with van der Waals surface area (Å²) in [5.74, 6) is 0.889. The molecule has 2 heterocycles. The van der Waals surface area contributed by atoms with Crippen LogP contribution in [0.25, 0.3) is 0 Å². The van der Waals surface area contributed by atoms with Crippen LogP contribution < -0.4 is 5.32 Å². The molecule has 3 nitrogen and oxygen atoms in total. The van der Waals surface area contributed by atoms with Gasteiger partial charge in [-0.15, -0.1) is 0 Å². The molecule has 2 aliphatic heterocycles. The summed E-state index contributed by atoms with van der Waals surface area (Å²) in [6.07, 6.45) is 7.17. The molecule has 110 valence electrons. The van der Waals surface area contributed by atoms with E-state index >= 15 is 0 Å². The third-order valence-corrected chi connectivity index (χ3v) is 6.23. The summed E-state index contributed by atoms with van der Waals surface area (Å²) in [4.78, 5) is 2.72. The highest BCUT2D eigenvalue weighted by Gasteiger charge is 2.57. The molecule has 0 bridgehead atoms. The van der Waals surface area contributed by atoms with E-state index in [1.54, 1.807) is 0 Å². The van der Waals surface area contributed by atoms with Crippen LogP contribution in [-0.2, 0) is 4.74 Å². The average Bonchev–Trinajstić information content (AvgIpc) is 2.39. The van der Waals surface area contributed by atoms with Gasteiger partial charge in [-0.25, -0.2) is 0 Å². The summed E-state index contributed by atoms with van der Waals surface area (Å²) in [7, 11) is 0. The van der Waals surface area contributed by atoms with Gasteiger partial charge in [0.25, 0.3) is 0 Å². The fourth-order valence-corrected chi connectivity index (χ4v) is 4.60. The second-order valence-corrected chi connectivity index (χ2v) is 7.28. The smallest absolute Gasteiger partial charge is 0.0565 e. The fourth-order valence-electron chi connectivity index (χ4n) is 4.60. The summed E-state index contributed by atoms with van der Waals surface area (Å²) in [5.41, 5.74) is 0.708. The molecule has 1 saturated carbocycles. The molecular formula is C16H30N2O. The second kappa shape index (κ2) is 5.34. The van der Waals surface area contributed by atoms with Gasteiger partial charge < -0.3 is 10.1 Å². The quantitative estimate of drug-likeness (QED) is 0.848. The maximum Gasteiger partial charge on any atom is 0.0565 e. The van der Waals surface area contributed by atoms with E-state index in [9.17, 15) is 0 Å². The minimum atomic E-state index is 0.287. The van der Waals surface area contributed by atoms with Crippen LogP contribution in [0.4, 0.5) is 0 Å². The second-order valence-electron chi connectivity index (χ2n) is 7.28. The predicted molar refractivity (Wildman–Crippen MR) is 78.3 cm³/mol. The Hall–Kier alpha value is -0.120. The third kappa shape index (κ3) is 2.24. The van der Waals surface area contributed by atoms with E-state index in [4.69, 9.17) is 4.74 Å². The van der Waals surface area contributed by atoms with E-state index < -0.39 is 0 Å². The molecule has 1 N–H and O–H groups in total. The Morgan fingerprint density at radius 3 is 2.21 bits per heavy atom. The normalized spacial score (nSPS) is 30.0. The van der Waals surface area contributed by atoms with Crippen molar-refractivity contribution in [2.75, 3.05) is 39.4 Å².